The lowest BCUT2D eigenvalue weighted by Crippen LogP contribution is -2.33. The molecule has 0 saturated heterocycles. The van der Waals surface area contributed by atoms with Crippen LogP contribution in [-0.2, 0) is 6.42 Å². The molecular weight excluding hydrogens is 428 g/mol. The van der Waals surface area contributed by atoms with Gasteiger partial charge in [0.15, 0.2) is 5.96 Å². The number of halogens is 3. The van der Waals surface area contributed by atoms with Crippen LogP contribution in [0, 0.1) is 0 Å². The highest BCUT2D eigenvalue weighted by Gasteiger charge is 2.01. The molecule has 0 aliphatic carbocycles. The molecule has 0 unspecified atom stereocenters. The zero-order valence-electron chi connectivity index (χ0n) is 10.2. The van der Waals surface area contributed by atoms with Gasteiger partial charge in [-0.2, -0.15) is 0 Å². The Morgan fingerprint density at radius 1 is 1.50 bits per heavy atom. The van der Waals surface area contributed by atoms with Gasteiger partial charge in [-0.25, -0.2) is 0 Å². The third kappa shape index (κ3) is 6.80. The first-order chi connectivity index (χ1) is 8.13. The maximum absolute atomic E-state index is 5.94. The molecule has 0 aliphatic rings. The van der Waals surface area contributed by atoms with E-state index >= 15 is 0 Å². The quantitative estimate of drug-likeness (QED) is 0.413. The topological polar surface area (TPSA) is 50.4 Å². The summed E-state index contributed by atoms with van der Waals surface area (Å²) < 4.78 is 1.06. The number of benzene rings is 1. The summed E-state index contributed by atoms with van der Waals surface area (Å²) in [6, 6.07) is 5.76. The largest absolute Gasteiger partial charge is 0.370 e. The van der Waals surface area contributed by atoms with Crippen molar-refractivity contribution in [3.8, 4) is 0 Å². The number of guanidine groups is 1. The van der Waals surface area contributed by atoms with Gasteiger partial charge in [-0.05, 0) is 36.6 Å². The van der Waals surface area contributed by atoms with E-state index in [0.717, 1.165) is 41.0 Å². The van der Waals surface area contributed by atoms with Gasteiger partial charge in [0.05, 0.1) is 0 Å². The highest BCUT2D eigenvalue weighted by Crippen LogP contribution is 2.21. The molecule has 0 saturated carbocycles. The maximum Gasteiger partial charge on any atom is 0.188 e. The molecule has 1 aromatic carbocycles. The van der Waals surface area contributed by atoms with Crippen molar-refractivity contribution in [3.05, 3.63) is 33.3 Å². The fraction of sp³-hybridized carbons (Fsp3) is 0.417. The van der Waals surface area contributed by atoms with Gasteiger partial charge in [0.2, 0.25) is 0 Å². The van der Waals surface area contributed by atoms with E-state index in [1.54, 1.807) is 0 Å². The van der Waals surface area contributed by atoms with E-state index < -0.39 is 0 Å². The number of nitrogens with one attached hydrogen (secondary N) is 1. The molecule has 1 rings (SSSR count). The Bertz CT molecular complexity index is 399. The second kappa shape index (κ2) is 9.86. The Morgan fingerprint density at radius 3 is 2.89 bits per heavy atom. The SMILES string of the molecule is CCCN=C(N)NCCc1cc(Cl)ccc1Br.I. The molecule has 18 heavy (non-hydrogen) atoms. The number of aliphatic imine (C=N–C) groups is 1. The monoisotopic (exact) mass is 445 g/mol. The first kappa shape index (κ1) is 18.0. The first-order valence-electron chi connectivity index (χ1n) is 5.61. The molecular formula is C12H18BrClIN3. The lowest BCUT2D eigenvalue weighted by Gasteiger charge is -2.07. The van der Waals surface area contributed by atoms with Crippen molar-refractivity contribution in [1.29, 1.82) is 0 Å². The molecule has 0 aromatic heterocycles. The van der Waals surface area contributed by atoms with Gasteiger partial charge in [-0.3, -0.25) is 4.99 Å². The predicted octanol–water partition coefficient (Wildman–Crippen LogP) is 3.58. The molecule has 0 radical (unpaired) electrons. The zero-order valence-corrected chi connectivity index (χ0v) is 14.9. The highest BCUT2D eigenvalue weighted by atomic mass is 127. The molecule has 1 aromatic rings. The minimum absolute atomic E-state index is 0. The summed E-state index contributed by atoms with van der Waals surface area (Å²) in [6.07, 6.45) is 1.85. The van der Waals surface area contributed by atoms with E-state index in [1.165, 1.54) is 0 Å². The van der Waals surface area contributed by atoms with Crippen molar-refractivity contribution in [2.75, 3.05) is 13.1 Å². The Morgan fingerprint density at radius 2 is 2.22 bits per heavy atom. The van der Waals surface area contributed by atoms with E-state index in [4.69, 9.17) is 17.3 Å². The molecule has 0 aliphatic heterocycles. The third-order valence-corrected chi connectivity index (χ3v) is 3.22. The van der Waals surface area contributed by atoms with E-state index in [9.17, 15) is 0 Å². The van der Waals surface area contributed by atoms with Crippen molar-refractivity contribution in [2.24, 2.45) is 10.7 Å². The minimum atomic E-state index is 0. The van der Waals surface area contributed by atoms with Gasteiger partial charge < -0.3 is 11.1 Å². The molecule has 0 atom stereocenters. The number of rotatable bonds is 5. The number of nitrogens with zero attached hydrogens (tertiary/aromatic N) is 1. The van der Waals surface area contributed by atoms with Gasteiger partial charge >= 0.3 is 0 Å². The van der Waals surface area contributed by atoms with Crippen LogP contribution in [-0.4, -0.2) is 19.0 Å². The Hall–Kier alpha value is -0.0100. The number of nitrogens with two attached hydrogens (primary N) is 1. The third-order valence-electron chi connectivity index (χ3n) is 2.21. The van der Waals surface area contributed by atoms with Crippen LogP contribution in [0.15, 0.2) is 27.7 Å². The van der Waals surface area contributed by atoms with Gasteiger partial charge in [0, 0.05) is 22.6 Å². The summed E-state index contributed by atoms with van der Waals surface area (Å²) in [6.45, 7) is 3.58. The average molecular weight is 447 g/mol. The first-order valence-corrected chi connectivity index (χ1v) is 6.78. The van der Waals surface area contributed by atoms with Crippen LogP contribution in [0.5, 0.6) is 0 Å². The van der Waals surface area contributed by atoms with Gasteiger partial charge in [0.25, 0.3) is 0 Å². The van der Waals surface area contributed by atoms with Crippen LogP contribution < -0.4 is 11.1 Å². The van der Waals surface area contributed by atoms with Crippen LogP contribution in [0.4, 0.5) is 0 Å². The minimum Gasteiger partial charge on any atom is -0.370 e. The second-order valence-corrected chi connectivity index (χ2v) is 4.97. The molecule has 0 heterocycles. The van der Waals surface area contributed by atoms with Gasteiger partial charge in [-0.1, -0.05) is 34.5 Å². The standard InChI is InChI=1S/C12H17BrClN3.HI/c1-2-6-16-12(15)17-7-5-9-8-10(14)3-4-11(9)13;/h3-4,8H,2,5-7H2,1H3,(H3,15,16,17);1H. The van der Waals surface area contributed by atoms with Crippen molar-refractivity contribution in [2.45, 2.75) is 19.8 Å². The van der Waals surface area contributed by atoms with Crippen LogP contribution in [0.1, 0.15) is 18.9 Å². The summed E-state index contributed by atoms with van der Waals surface area (Å²) in [5, 5.41) is 3.82. The number of hydrogen-bond acceptors (Lipinski definition) is 1. The number of hydrogen-bond donors (Lipinski definition) is 2. The highest BCUT2D eigenvalue weighted by molar-refractivity contribution is 14.0. The summed E-state index contributed by atoms with van der Waals surface area (Å²) in [4.78, 5) is 4.16. The van der Waals surface area contributed by atoms with Crippen LogP contribution in [0.25, 0.3) is 0 Å². The van der Waals surface area contributed by atoms with Crippen molar-refractivity contribution >= 4 is 57.5 Å². The summed E-state index contributed by atoms with van der Waals surface area (Å²) >= 11 is 9.43. The molecule has 0 amide bonds. The Kier molecular flexibility index (Phi) is 9.85. The van der Waals surface area contributed by atoms with E-state index in [-0.39, 0.29) is 24.0 Å². The fourth-order valence-corrected chi connectivity index (χ4v) is 1.99. The smallest absolute Gasteiger partial charge is 0.188 e. The summed E-state index contributed by atoms with van der Waals surface area (Å²) in [5.41, 5.74) is 6.85. The second-order valence-electron chi connectivity index (χ2n) is 3.68. The van der Waals surface area contributed by atoms with E-state index in [1.807, 2.05) is 18.2 Å². The van der Waals surface area contributed by atoms with E-state index in [0.29, 0.717) is 5.96 Å². The van der Waals surface area contributed by atoms with Crippen molar-refractivity contribution < 1.29 is 0 Å². The van der Waals surface area contributed by atoms with Crippen LogP contribution in [0.3, 0.4) is 0 Å². The average Bonchev–Trinajstić information content (AvgIpc) is 2.31. The Labute approximate surface area is 139 Å². The maximum atomic E-state index is 5.94. The molecule has 3 N–H and O–H groups in total. The summed E-state index contributed by atoms with van der Waals surface area (Å²) in [7, 11) is 0. The van der Waals surface area contributed by atoms with Crippen LogP contribution >= 0.6 is 51.5 Å². The lowest BCUT2D eigenvalue weighted by molar-refractivity contribution is 0.837. The normalized spacial score (nSPS) is 10.9. The van der Waals surface area contributed by atoms with Crippen LogP contribution in [0.2, 0.25) is 5.02 Å². The molecule has 102 valence electrons. The van der Waals surface area contributed by atoms with Crippen molar-refractivity contribution in [3.63, 3.8) is 0 Å². The molecule has 0 spiro atoms. The molecule has 3 nitrogen and oxygen atoms in total. The van der Waals surface area contributed by atoms with Gasteiger partial charge in [-0.15, -0.1) is 24.0 Å². The summed E-state index contributed by atoms with van der Waals surface area (Å²) in [5.74, 6) is 0.505. The predicted molar refractivity (Wildman–Crippen MR) is 93.1 cm³/mol. The Balaban J connectivity index is 0.00000289. The molecule has 0 fully saturated rings. The van der Waals surface area contributed by atoms with Gasteiger partial charge in [0.1, 0.15) is 0 Å². The zero-order chi connectivity index (χ0) is 12.7. The van der Waals surface area contributed by atoms with Crippen molar-refractivity contribution in [1.82, 2.24) is 5.32 Å². The van der Waals surface area contributed by atoms with E-state index in [2.05, 4.69) is 33.2 Å². The molecule has 6 heteroatoms. The fourth-order valence-electron chi connectivity index (χ4n) is 1.35. The molecule has 0 bridgehead atoms. The lowest BCUT2D eigenvalue weighted by atomic mass is 10.1.